The molecule has 0 aliphatic rings. The van der Waals surface area contributed by atoms with E-state index in [-0.39, 0.29) is 11.3 Å². The van der Waals surface area contributed by atoms with Crippen LogP contribution in [0.1, 0.15) is 22.3 Å². The van der Waals surface area contributed by atoms with Gasteiger partial charge in [0.05, 0.1) is 24.1 Å². The van der Waals surface area contributed by atoms with Crippen LogP contribution in [0, 0.1) is 20.8 Å². The van der Waals surface area contributed by atoms with Crippen molar-refractivity contribution in [2.75, 3.05) is 13.6 Å². The van der Waals surface area contributed by atoms with Crippen LogP contribution in [0.25, 0.3) is 11.0 Å². The Morgan fingerprint density at radius 3 is 2.29 bits per heavy atom. The molecule has 0 unspecified atom stereocenters. The zero-order chi connectivity index (χ0) is 22.8. The number of sulfonamides is 1. The number of hydrogen-bond acceptors (Lipinski definition) is 5. The molecule has 1 aromatic heterocycles. The summed E-state index contributed by atoms with van der Waals surface area (Å²) < 4.78 is 31.6. The van der Waals surface area contributed by atoms with Crippen molar-refractivity contribution in [2.24, 2.45) is 0 Å². The highest BCUT2D eigenvalue weighted by Gasteiger charge is 2.23. The summed E-state index contributed by atoms with van der Waals surface area (Å²) in [6, 6.07) is 10.2. The van der Waals surface area contributed by atoms with E-state index in [9.17, 15) is 18.0 Å². The highest BCUT2D eigenvalue weighted by molar-refractivity contribution is 7.89. The molecule has 0 bridgehead atoms. The van der Waals surface area contributed by atoms with Gasteiger partial charge in [-0.1, -0.05) is 29.8 Å². The van der Waals surface area contributed by atoms with E-state index in [1.54, 1.807) is 12.1 Å². The summed E-state index contributed by atoms with van der Waals surface area (Å²) in [6.07, 6.45) is 1.54. The Morgan fingerprint density at radius 2 is 1.61 bits per heavy atom. The Hall–Kier alpha value is -3.17. The maximum atomic E-state index is 12.6. The molecule has 31 heavy (non-hydrogen) atoms. The molecular formula is C22H25N3O5S. The van der Waals surface area contributed by atoms with Crippen LogP contribution in [-0.2, 0) is 26.0 Å². The molecule has 3 rings (SSSR count). The van der Waals surface area contributed by atoms with Crippen LogP contribution in [0.2, 0.25) is 0 Å². The van der Waals surface area contributed by atoms with Gasteiger partial charge in [-0.05, 0) is 44.0 Å². The van der Waals surface area contributed by atoms with Crippen LogP contribution < -0.4 is 10.9 Å². The van der Waals surface area contributed by atoms with E-state index in [4.69, 9.17) is 4.42 Å². The van der Waals surface area contributed by atoms with Gasteiger partial charge in [0, 0.05) is 18.0 Å². The Balaban J connectivity index is 1.56. The molecule has 0 saturated carbocycles. The third-order valence-electron chi connectivity index (χ3n) is 5.13. The first kappa shape index (κ1) is 22.5. The average molecular weight is 444 g/mol. The van der Waals surface area contributed by atoms with E-state index >= 15 is 0 Å². The lowest BCUT2D eigenvalue weighted by molar-refractivity contribution is -0.128. The van der Waals surface area contributed by atoms with Crippen LogP contribution >= 0.6 is 0 Å². The molecule has 0 aliphatic carbocycles. The van der Waals surface area contributed by atoms with Crippen molar-refractivity contribution >= 4 is 32.8 Å². The molecule has 2 N–H and O–H groups in total. The Kier molecular flexibility index (Phi) is 6.47. The maximum Gasteiger partial charge on any atom is 0.253 e. The second kappa shape index (κ2) is 8.91. The minimum absolute atomic E-state index is 0.00723. The van der Waals surface area contributed by atoms with Crippen LogP contribution in [0.15, 0.2) is 52.0 Å². The fraction of sp³-hybridized carbons (Fsp3) is 0.273. The van der Waals surface area contributed by atoms with E-state index in [1.807, 2.05) is 32.9 Å². The average Bonchev–Trinajstić information content (AvgIpc) is 3.12. The second-order valence-corrected chi connectivity index (χ2v) is 9.54. The SMILES string of the molecule is Cc1ccc(S(=O)(=O)N(C)CC(=O)NNC(=O)Cc2coc3c(C)c(C)ccc23)cc1. The monoisotopic (exact) mass is 443 g/mol. The molecule has 9 heteroatoms. The number of furan rings is 1. The first-order valence-corrected chi connectivity index (χ1v) is 11.1. The molecule has 164 valence electrons. The fourth-order valence-electron chi connectivity index (χ4n) is 3.10. The van der Waals surface area contributed by atoms with Gasteiger partial charge >= 0.3 is 0 Å². The molecule has 8 nitrogen and oxygen atoms in total. The molecule has 0 aliphatic heterocycles. The number of likely N-dealkylation sites (N-methyl/N-ethyl adjacent to an activating group) is 1. The number of carbonyl (C=O) groups excluding carboxylic acids is 2. The van der Waals surface area contributed by atoms with Gasteiger partial charge in [0.25, 0.3) is 5.91 Å². The fourth-order valence-corrected chi connectivity index (χ4v) is 4.23. The Labute approximate surface area is 181 Å². The first-order valence-electron chi connectivity index (χ1n) is 9.66. The van der Waals surface area contributed by atoms with Crippen molar-refractivity contribution in [1.29, 1.82) is 0 Å². The van der Waals surface area contributed by atoms with E-state index in [0.717, 1.165) is 32.0 Å². The largest absolute Gasteiger partial charge is 0.464 e. The second-order valence-electron chi connectivity index (χ2n) is 7.49. The van der Waals surface area contributed by atoms with Crippen molar-refractivity contribution in [3.05, 3.63) is 64.9 Å². The topological polar surface area (TPSA) is 109 Å². The van der Waals surface area contributed by atoms with Gasteiger partial charge in [-0.3, -0.25) is 20.4 Å². The van der Waals surface area contributed by atoms with Gasteiger partial charge in [-0.15, -0.1) is 0 Å². The highest BCUT2D eigenvalue weighted by atomic mass is 32.2. The van der Waals surface area contributed by atoms with Gasteiger partial charge in [0.2, 0.25) is 15.9 Å². The summed E-state index contributed by atoms with van der Waals surface area (Å²) in [4.78, 5) is 24.5. The highest BCUT2D eigenvalue weighted by Crippen LogP contribution is 2.26. The lowest BCUT2D eigenvalue weighted by Crippen LogP contribution is -2.47. The van der Waals surface area contributed by atoms with Crippen molar-refractivity contribution in [3.8, 4) is 0 Å². The van der Waals surface area contributed by atoms with Crippen LogP contribution in [0.5, 0.6) is 0 Å². The quantitative estimate of drug-likeness (QED) is 0.569. The molecule has 0 fully saturated rings. The van der Waals surface area contributed by atoms with Crippen LogP contribution in [0.3, 0.4) is 0 Å². The van der Waals surface area contributed by atoms with Crippen molar-refractivity contribution in [3.63, 3.8) is 0 Å². The standard InChI is InChI=1S/C22H25N3O5S/c1-14-5-8-18(9-6-14)31(28,29)25(4)12-21(27)24-23-20(26)11-17-13-30-22-16(3)15(2)7-10-19(17)22/h5-10,13H,11-12H2,1-4H3,(H,23,26)(H,24,27). The molecule has 2 aromatic carbocycles. The predicted molar refractivity (Wildman–Crippen MR) is 117 cm³/mol. The molecule has 0 atom stereocenters. The van der Waals surface area contributed by atoms with Crippen LogP contribution in [-0.4, -0.2) is 38.1 Å². The van der Waals surface area contributed by atoms with Gasteiger partial charge in [0.15, 0.2) is 0 Å². The first-order chi connectivity index (χ1) is 14.6. The smallest absolute Gasteiger partial charge is 0.253 e. The zero-order valence-corrected chi connectivity index (χ0v) is 18.7. The summed E-state index contributed by atoms with van der Waals surface area (Å²) in [5, 5.41) is 0.841. The Bertz CT molecular complexity index is 1230. The Morgan fingerprint density at radius 1 is 0.968 bits per heavy atom. The number of carbonyl (C=O) groups is 2. The minimum Gasteiger partial charge on any atom is -0.464 e. The lowest BCUT2D eigenvalue weighted by atomic mass is 10.0. The normalized spacial score (nSPS) is 11.6. The number of fused-ring (bicyclic) bond motifs is 1. The third-order valence-corrected chi connectivity index (χ3v) is 6.95. The zero-order valence-electron chi connectivity index (χ0n) is 17.9. The lowest BCUT2D eigenvalue weighted by Gasteiger charge is -2.17. The van der Waals surface area contributed by atoms with E-state index in [2.05, 4.69) is 10.9 Å². The molecule has 1 heterocycles. The summed E-state index contributed by atoms with van der Waals surface area (Å²) >= 11 is 0. The molecule has 0 spiro atoms. The number of hydrogen-bond donors (Lipinski definition) is 2. The van der Waals surface area contributed by atoms with Crippen molar-refractivity contribution < 1.29 is 22.4 Å². The molecule has 3 aromatic rings. The van der Waals surface area contributed by atoms with Gasteiger partial charge in [0.1, 0.15) is 5.58 Å². The summed E-state index contributed by atoms with van der Waals surface area (Å²) in [5.74, 6) is -1.10. The van der Waals surface area contributed by atoms with E-state index in [0.29, 0.717) is 5.56 Å². The molecular weight excluding hydrogens is 418 g/mol. The third kappa shape index (κ3) is 4.95. The van der Waals surface area contributed by atoms with E-state index < -0.39 is 28.4 Å². The number of rotatable bonds is 6. The van der Waals surface area contributed by atoms with Gasteiger partial charge in [-0.2, -0.15) is 4.31 Å². The van der Waals surface area contributed by atoms with Gasteiger partial charge < -0.3 is 4.42 Å². The maximum absolute atomic E-state index is 12.6. The molecule has 0 saturated heterocycles. The van der Waals surface area contributed by atoms with Gasteiger partial charge in [-0.25, -0.2) is 8.42 Å². The number of nitrogens with one attached hydrogen (secondary N) is 2. The number of hydrazine groups is 1. The van der Waals surface area contributed by atoms with Crippen molar-refractivity contribution in [2.45, 2.75) is 32.1 Å². The van der Waals surface area contributed by atoms with E-state index in [1.165, 1.54) is 25.4 Å². The number of aryl methyl sites for hydroxylation is 3. The summed E-state index contributed by atoms with van der Waals surface area (Å²) in [5.41, 5.74) is 9.03. The number of amides is 2. The van der Waals surface area contributed by atoms with Crippen molar-refractivity contribution in [1.82, 2.24) is 15.2 Å². The summed E-state index contributed by atoms with van der Waals surface area (Å²) in [6.45, 7) is 5.34. The molecule has 2 amide bonds. The predicted octanol–water partition coefficient (Wildman–Crippen LogP) is 2.37. The number of nitrogens with zero attached hydrogens (tertiary/aromatic N) is 1. The number of benzene rings is 2. The summed E-state index contributed by atoms with van der Waals surface area (Å²) in [7, 11) is -2.51. The minimum atomic E-state index is -3.81. The van der Waals surface area contributed by atoms with Crippen LogP contribution in [0.4, 0.5) is 0 Å². The molecule has 0 radical (unpaired) electrons.